The fraction of sp³-hybridized carbons (Fsp3) is 0.292. The maximum Gasteiger partial charge on any atom is 0.261 e. The third-order valence-corrected chi connectivity index (χ3v) is 7.18. The Labute approximate surface area is 194 Å². The van der Waals surface area contributed by atoms with Crippen molar-refractivity contribution in [3.8, 4) is 0 Å². The second-order valence-electron chi connectivity index (χ2n) is 8.18. The molecule has 8 nitrogen and oxygen atoms in total. The summed E-state index contributed by atoms with van der Waals surface area (Å²) in [6.07, 6.45) is 4.95. The predicted octanol–water partition coefficient (Wildman–Crippen LogP) is 3.29. The third-order valence-electron chi connectivity index (χ3n) is 5.82. The van der Waals surface area contributed by atoms with Gasteiger partial charge in [-0.2, -0.15) is 0 Å². The van der Waals surface area contributed by atoms with Gasteiger partial charge in [0.1, 0.15) is 0 Å². The van der Waals surface area contributed by atoms with E-state index in [0.717, 1.165) is 37.1 Å². The van der Waals surface area contributed by atoms with Crippen molar-refractivity contribution >= 4 is 27.6 Å². The van der Waals surface area contributed by atoms with Gasteiger partial charge in [0, 0.05) is 37.1 Å². The summed E-state index contributed by atoms with van der Waals surface area (Å²) < 4.78 is 28.5. The number of carbonyl (C=O) groups is 1. The Bertz CT molecular complexity index is 1240. The number of anilines is 2. The van der Waals surface area contributed by atoms with Crippen molar-refractivity contribution in [1.29, 1.82) is 0 Å². The van der Waals surface area contributed by atoms with Crippen molar-refractivity contribution in [2.45, 2.75) is 37.6 Å². The normalized spacial score (nSPS) is 14.7. The number of benzene rings is 2. The van der Waals surface area contributed by atoms with Crippen LogP contribution in [0.3, 0.4) is 0 Å². The minimum Gasteiger partial charge on any atom is -0.349 e. The number of piperidine rings is 1. The van der Waals surface area contributed by atoms with Crippen LogP contribution in [-0.4, -0.2) is 43.4 Å². The molecule has 172 valence electrons. The topological polar surface area (TPSA) is 104 Å². The Morgan fingerprint density at radius 3 is 2.36 bits per heavy atom. The van der Waals surface area contributed by atoms with Gasteiger partial charge in [-0.05, 0) is 62.1 Å². The molecular weight excluding hydrogens is 438 g/mol. The molecule has 0 unspecified atom stereocenters. The second-order valence-corrected chi connectivity index (χ2v) is 9.86. The van der Waals surface area contributed by atoms with Gasteiger partial charge in [0.25, 0.3) is 15.9 Å². The lowest BCUT2D eigenvalue weighted by atomic mass is 10.0. The zero-order valence-electron chi connectivity index (χ0n) is 18.7. The number of nitrogens with one attached hydrogen (secondary N) is 2. The second kappa shape index (κ2) is 9.58. The Morgan fingerprint density at radius 1 is 0.970 bits per heavy atom. The predicted molar refractivity (Wildman–Crippen MR) is 128 cm³/mol. The summed E-state index contributed by atoms with van der Waals surface area (Å²) in [5.74, 6) is 0.423. The summed E-state index contributed by atoms with van der Waals surface area (Å²) in [5.41, 5.74) is 2.41. The average Bonchev–Trinajstić information content (AvgIpc) is 2.81. The molecule has 1 aromatic heterocycles. The summed E-state index contributed by atoms with van der Waals surface area (Å²) in [4.78, 5) is 23.7. The molecule has 0 spiro atoms. The van der Waals surface area contributed by atoms with Crippen molar-refractivity contribution in [1.82, 2.24) is 15.3 Å². The highest BCUT2D eigenvalue weighted by Crippen LogP contribution is 2.22. The summed E-state index contributed by atoms with van der Waals surface area (Å²) in [5, 5.41) is 3.06. The van der Waals surface area contributed by atoms with Crippen LogP contribution >= 0.6 is 0 Å². The maximum absolute atomic E-state index is 13.0. The smallest absolute Gasteiger partial charge is 0.261 e. The van der Waals surface area contributed by atoms with E-state index >= 15 is 0 Å². The van der Waals surface area contributed by atoms with Crippen molar-refractivity contribution < 1.29 is 13.2 Å². The highest BCUT2D eigenvalue weighted by atomic mass is 32.2. The van der Waals surface area contributed by atoms with Crippen LogP contribution in [0.2, 0.25) is 0 Å². The van der Waals surface area contributed by atoms with E-state index in [-0.39, 0.29) is 16.8 Å². The van der Waals surface area contributed by atoms with E-state index in [1.807, 2.05) is 19.1 Å². The van der Waals surface area contributed by atoms with Crippen molar-refractivity contribution in [3.05, 3.63) is 77.6 Å². The first kappa shape index (κ1) is 22.7. The van der Waals surface area contributed by atoms with Gasteiger partial charge in [0.2, 0.25) is 5.95 Å². The van der Waals surface area contributed by atoms with Crippen LogP contribution in [0.4, 0.5) is 11.6 Å². The number of hydrogen-bond donors (Lipinski definition) is 2. The minimum atomic E-state index is -3.83. The maximum atomic E-state index is 13.0. The van der Waals surface area contributed by atoms with E-state index in [4.69, 9.17) is 0 Å². The first-order valence-corrected chi connectivity index (χ1v) is 12.3. The molecule has 0 radical (unpaired) electrons. The number of rotatable bonds is 6. The molecular formula is C24H27N5O3S. The lowest BCUT2D eigenvalue weighted by Gasteiger charge is -2.32. The summed E-state index contributed by atoms with van der Waals surface area (Å²) in [6.45, 7) is 5.11. The average molecular weight is 466 g/mol. The van der Waals surface area contributed by atoms with Gasteiger partial charge in [-0.1, -0.05) is 24.3 Å². The van der Waals surface area contributed by atoms with Crippen molar-refractivity contribution in [2.75, 3.05) is 22.7 Å². The van der Waals surface area contributed by atoms with Crippen molar-refractivity contribution in [3.63, 3.8) is 0 Å². The number of hydrogen-bond acceptors (Lipinski definition) is 6. The molecule has 1 aliphatic rings. The standard InChI is InChI=1S/C24H27N5O3S/c1-17-8-9-20(33(31,32)28-22-7-4-3-6-18(22)2)16-21(17)23(30)27-19-10-14-29(15-11-19)24-25-12-5-13-26-24/h3-9,12-13,16,19,28H,10-11,14-15H2,1-2H3,(H,27,30). The van der Waals surface area contributed by atoms with Gasteiger partial charge >= 0.3 is 0 Å². The molecule has 3 aromatic rings. The van der Waals surface area contributed by atoms with Crippen molar-refractivity contribution in [2.24, 2.45) is 0 Å². The number of amides is 1. The molecule has 2 N–H and O–H groups in total. The Morgan fingerprint density at radius 2 is 1.67 bits per heavy atom. The first-order valence-electron chi connectivity index (χ1n) is 10.9. The molecule has 0 saturated carbocycles. The molecule has 4 rings (SSSR count). The number of nitrogens with zero attached hydrogens (tertiary/aromatic N) is 3. The number of aromatic nitrogens is 2. The number of para-hydroxylation sites is 1. The molecule has 2 aromatic carbocycles. The molecule has 33 heavy (non-hydrogen) atoms. The molecule has 9 heteroatoms. The van der Waals surface area contributed by atoms with E-state index in [0.29, 0.717) is 17.2 Å². The van der Waals surface area contributed by atoms with Crippen LogP contribution in [0, 0.1) is 13.8 Å². The summed E-state index contributed by atoms with van der Waals surface area (Å²) >= 11 is 0. The van der Waals surface area contributed by atoms with E-state index < -0.39 is 10.0 Å². The molecule has 0 bridgehead atoms. The van der Waals surface area contributed by atoms with Gasteiger partial charge in [-0.25, -0.2) is 18.4 Å². The van der Waals surface area contributed by atoms with E-state index in [9.17, 15) is 13.2 Å². The highest BCUT2D eigenvalue weighted by molar-refractivity contribution is 7.92. The van der Waals surface area contributed by atoms with Crippen LogP contribution in [0.25, 0.3) is 0 Å². The molecule has 1 saturated heterocycles. The number of carbonyl (C=O) groups excluding carboxylic acids is 1. The van der Waals surface area contributed by atoms with Gasteiger partial charge in [0.15, 0.2) is 0 Å². The van der Waals surface area contributed by atoms with Gasteiger partial charge < -0.3 is 10.2 Å². The van der Waals surface area contributed by atoms with E-state index in [1.54, 1.807) is 43.6 Å². The first-order chi connectivity index (χ1) is 15.8. The fourth-order valence-electron chi connectivity index (χ4n) is 3.85. The summed E-state index contributed by atoms with van der Waals surface area (Å²) in [6, 6.07) is 13.6. The lowest BCUT2D eigenvalue weighted by molar-refractivity contribution is 0.0930. The minimum absolute atomic E-state index is 0.00205. The van der Waals surface area contributed by atoms with Crippen LogP contribution < -0.4 is 14.9 Å². The van der Waals surface area contributed by atoms with E-state index in [2.05, 4.69) is 24.9 Å². The van der Waals surface area contributed by atoms with Gasteiger partial charge in [0.05, 0.1) is 10.6 Å². The Kier molecular flexibility index (Phi) is 6.60. The zero-order chi connectivity index (χ0) is 23.4. The molecule has 0 aliphatic carbocycles. The Hall–Kier alpha value is -3.46. The van der Waals surface area contributed by atoms with Gasteiger partial charge in [-0.15, -0.1) is 0 Å². The van der Waals surface area contributed by atoms with Crippen LogP contribution in [-0.2, 0) is 10.0 Å². The van der Waals surface area contributed by atoms with Gasteiger partial charge in [-0.3, -0.25) is 9.52 Å². The molecule has 1 aliphatic heterocycles. The van der Waals surface area contributed by atoms with Crippen LogP contribution in [0.15, 0.2) is 65.8 Å². The fourth-order valence-corrected chi connectivity index (χ4v) is 5.00. The molecule has 1 fully saturated rings. The lowest BCUT2D eigenvalue weighted by Crippen LogP contribution is -2.45. The highest BCUT2D eigenvalue weighted by Gasteiger charge is 2.24. The third kappa shape index (κ3) is 5.31. The molecule has 2 heterocycles. The van der Waals surface area contributed by atoms with Crippen LogP contribution in [0.1, 0.15) is 34.3 Å². The summed E-state index contributed by atoms with van der Waals surface area (Å²) in [7, 11) is -3.83. The molecule has 0 atom stereocenters. The quantitative estimate of drug-likeness (QED) is 0.579. The van der Waals surface area contributed by atoms with Crippen LogP contribution in [0.5, 0.6) is 0 Å². The molecule has 1 amide bonds. The monoisotopic (exact) mass is 465 g/mol. The zero-order valence-corrected chi connectivity index (χ0v) is 19.5. The number of sulfonamides is 1. The Balaban J connectivity index is 1.44. The SMILES string of the molecule is Cc1ccccc1NS(=O)(=O)c1ccc(C)c(C(=O)NC2CCN(c3ncccn3)CC2)c1. The number of aryl methyl sites for hydroxylation is 2. The largest absolute Gasteiger partial charge is 0.349 e. The van der Waals surface area contributed by atoms with E-state index in [1.165, 1.54) is 12.1 Å².